The number of aromatic nitrogens is 4. The Morgan fingerprint density at radius 2 is 2.08 bits per heavy atom. The van der Waals surface area contributed by atoms with Crippen molar-refractivity contribution in [3.63, 3.8) is 0 Å². The number of rotatable bonds is 4. The average Bonchev–Trinajstić information content (AvgIpc) is 3.03. The molecule has 2 aromatic rings. The first-order valence-electron chi connectivity index (χ1n) is 8.10. The number of nitrogens with two attached hydrogens (primary N) is 1. The SMILES string of the molecule is CC1CCN(C(=O)Cn2nnc(-c3ccc(Cl)cc3)n2)C(CN)C1.Cl. The molecule has 2 atom stereocenters. The van der Waals surface area contributed by atoms with Crippen molar-refractivity contribution < 1.29 is 4.79 Å². The van der Waals surface area contributed by atoms with Crippen molar-refractivity contribution in [2.75, 3.05) is 13.1 Å². The van der Waals surface area contributed by atoms with Crippen LogP contribution in [0.3, 0.4) is 0 Å². The number of tetrazole rings is 1. The zero-order valence-corrected chi connectivity index (χ0v) is 15.6. The van der Waals surface area contributed by atoms with Crippen molar-refractivity contribution in [3.05, 3.63) is 29.3 Å². The highest BCUT2D eigenvalue weighted by Crippen LogP contribution is 2.22. The number of carbonyl (C=O) groups is 1. The first-order valence-corrected chi connectivity index (χ1v) is 8.48. The highest BCUT2D eigenvalue weighted by atomic mass is 35.5. The topological polar surface area (TPSA) is 89.9 Å². The molecule has 3 rings (SSSR count). The molecule has 2 N–H and O–H groups in total. The molecule has 1 aliphatic rings. The number of halogens is 2. The van der Waals surface area contributed by atoms with Crippen molar-refractivity contribution in [3.8, 4) is 11.4 Å². The molecule has 0 spiro atoms. The molecule has 2 unspecified atom stereocenters. The molecule has 0 radical (unpaired) electrons. The van der Waals surface area contributed by atoms with Gasteiger partial charge in [0.25, 0.3) is 0 Å². The van der Waals surface area contributed by atoms with Gasteiger partial charge in [0, 0.05) is 29.7 Å². The van der Waals surface area contributed by atoms with Crippen LogP contribution in [0.4, 0.5) is 0 Å². The fourth-order valence-electron chi connectivity index (χ4n) is 3.04. The Morgan fingerprint density at radius 1 is 1.36 bits per heavy atom. The second-order valence-corrected chi connectivity index (χ2v) is 6.69. The first kappa shape index (κ1) is 19.6. The second-order valence-electron chi connectivity index (χ2n) is 6.26. The van der Waals surface area contributed by atoms with E-state index in [2.05, 4.69) is 22.3 Å². The van der Waals surface area contributed by atoms with Crippen LogP contribution in [-0.2, 0) is 11.3 Å². The third-order valence-electron chi connectivity index (χ3n) is 4.40. The number of benzene rings is 1. The summed E-state index contributed by atoms with van der Waals surface area (Å²) in [6.45, 7) is 3.49. The maximum Gasteiger partial charge on any atom is 0.246 e. The number of likely N-dealkylation sites (tertiary alicyclic amines) is 1. The summed E-state index contributed by atoms with van der Waals surface area (Å²) < 4.78 is 0. The molecule has 1 saturated heterocycles. The van der Waals surface area contributed by atoms with E-state index in [0.29, 0.717) is 23.3 Å². The number of piperidine rings is 1. The minimum absolute atomic E-state index is 0. The number of carbonyl (C=O) groups excluding carboxylic acids is 1. The lowest BCUT2D eigenvalue weighted by Gasteiger charge is -2.37. The third kappa shape index (κ3) is 4.68. The van der Waals surface area contributed by atoms with E-state index >= 15 is 0 Å². The van der Waals surface area contributed by atoms with Gasteiger partial charge in [0.2, 0.25) is 11.7 Å². The molecule has 1 fully saturated rings. The first-order chi connectivity index (χ1) is 11.6. The van der Waals surface area contributed by atoms with Crippen molar-refractivity contribution in [2.24, 2.45) is 11.7 Å². The summed E-state index contributed by atoms with van der Waals surface area (Å²) in [5, 5.41) is 12.9. The minimum Gasteiger partial charge on any atom is -0.337 e. The normalized spacial score (nSPS) is 20.2. The van der Waals surface area contributed by atoms with E-state index in [1.54, 1.807) is 12.1 Å². The molecular weight excluding hydrogens is 363 g/mol. The van der Waals surface area contributed by atoms with Gasteiger partial charge in [-0.05, 0) is 48.2 Å². The van der Waals surface area contributed by atoms with Gasteiger partial charge in [-0.2, -0.15) is 4.80 Å². The Hall–Kier alpha value is -1.70. The summed E-state index contributed by atoms with van der Waals surface area (Å²) in [6.07, 6.45) is 1.95. The van der Waals surface area contributed by atoms with Gasteiger partial charge in [-0.1, -0.05) is 18.5 Å². The van der Waals surface area contributed by atoms with E-state index in [1.807, 2.05) is 17.0 Å². The lowest BCUT2D eigenvalue weighted by atomic mass is 9.92. The van der Waals surface area contributed by atoms with Crippen molar-refractivity contribution >= 4 is 29.9 Å². The largest absolute Gasteiger partial charge is 0.337 e. The predicted octanol–water partition coefficient (Wildman–Crippen LogP) is 2.00. The van der Waals surface area contributed by atoms with Gasteiger partial charge in [-0.3, -0.25) is 4.79 Å². The van der Waals surface area contributed by atoms with Crippen LogP contribution in [0, 0.1) is 5.92 Å². The fraction of sp³-hybridized carbons (Fsp3) is 0.500. The van der Waals surface area contributed by atoms with E-state index < -0.39 is 0 Å². The van der Waals surface area contributed by atoms with E-state index in [-0.39, 0.29) is 30.9 Å². The van der Waals surface area contributed by atoms with Crippen LogP contribution >= 0.6 is 24.0 Å². The summed E-state index contributed by atoms with van der Waals surface area (Å²) in [5.74, 6) is 1.06. The molecule has 2 heterocycles. The molecule has 0 aliphatic carbocycles. The van der Waals surface area contributed by atoms with Gasteiger partial charge in [-0.15, -0.1) is 22.6 Å². The zero-order chi connectivity index (χ0) is 17.1. The molecule has 1 aromatic heterocycles. The summed E-state index contributed by atoms with van der Waals surface area (Å²) in [5.41, 5.74) is 6.63. The Balaban J connectivity index is 0.00000225. The van der Waals surface area contributed by atoms with E-state index in [4.69, 9.17) is 17.3 Å². The number of nitrogens with zero attached hydrogens (tertiary/aromatic N) is 5. The molecule has 9 heteroatoms. The van der Waals surface area contributed by atoms with Crippen molar-refractivity contribution in [1.82, 2.24) is 25.1 Å². The quantitative estimate of drug-likeness (QED) is 0.870. The monoisotopic (exact) mass is 384 g/mol. The predicted molar refractivity (Wildman–Crippen MR) is 98.5 cm³/mol. The van der Waals surface area contributed by atoms with Crippen molar-refractivity contribution in [2.45, 2.75) is 32.4 Å². The number of hydrogen-bond acceptors (Lipinski definition) is 5. The smallest absolute Gasteiger partial charge is 0.246 e. The number of hydrogen-bond donors (Lipinski definition) is 1. The van der Waals surface area contributed by atoms with E-state index in [1.165, 1.54) is 4.80 Å². The van der Waals surface area contributed by atoms with Crippen LogP contribution in [-0.4, -0.2) is 50.1 Å². The third-order valence-corrected chi connectivity index (χ3v) is 4.65. The maximum absolute atomic E-state index is 12.6. The zero-order valence-electron chi connectivity index (χ0n) is 14.0. The summed E-state index contributed by atoms with van der Waals surface area (Å²) in [4.78, 5) is 15.7. The van der Waals surface area contributed by atoms with Gasteiger partial charge >= 0.3 is 0 Å². The maximum atomic E-state index is 12.6. The molecule has 25 heavy (non-hydrogen) atoms. The highest BCUT2D eigenvalue weighted by Gasteiger charge is 2.29. The van der Waals surface area contributed by atoms with Crippen LogP contribution in [0.5, 0.6) is 0 Å². The molecule has 0 saturated carbocycles. The highest BCUT2D eigenvalue weighted by molar-refractivity contribution is 6.30. The van der Waals surface area contributed by atoms with Crippen LogP contribution < -0.4 is 5.73 Å². The minimum atomic E-state index is -0.0163. The Bertz CT molecular complexity index is 705. The Labute approximate surface area is 157 Å². The standard InChI is InChI=1S/C16H21ClN6O.ClH/c1-11-6-7-22(14(8-11)9-18)15(24)10-23-20-16(19-21-23)12-2-4-13(17)5-3-12;/h2-5,11,14H,6-10,18H2,1H3;1H. The van der Waals surface area contributed by atoms with E-state index in [0.717, 1.165) is 24.9 Å². The average molecular weight is 385 g/mol. The molecule has 0 bridgehead atoms. The second kappa shape index (κ2) is 8.60. The van der Waals surface area contributed by atoms with Crippen LogP contribution in [0.15, 0.2) is 24.3 Å². The molecule has 136 valence electrons. The van der Waals surface area contributed by atoms with Crippen molar-refractivity contribution in [1.29, 1.82) is 0 Å². The molecule has 1 amide bonds. The van der Waals surface area contributed by atoms with Gasteiger partial charge in [-0.25, -0.2) is 0 Å². The summed E-state index contributed by atoms with van der Waals surface area (Å²) in [7, 11) is 0. The summed E-state index contributed by atoms with van der Waals surface area (Å²) >= 11 is 5.87. The molecule has 1 aliphatic heterocycles. The molecule has 1 aromatic carbocycles. The summed E-state index contributed by atoms with van der Waals surface area (Å²) in [6, 6.07) is 7.28. The fourth-order valence-corrected chi connectivity index (χ4v) is 3.17. The van der Waals surface area contributed by atoms with Crippen LogP contribution in [0.1, 0.15) is 19.8 Å². The Morgan fingerprint density at radius 3 is 2.76 bits per heavy atom. The van der Waals surface area contributed by atoms with Gasteiger partial charge in [0.1, 0.15) is 6.54 Å². The number of amides is 1. The van der Waals surface area contributed by atoms with Crippen LogP contribution in [0.2, 0.25) is 5.02 Å². The Kier molecular flexibility index (Phi) is 6.75. The van der Waals surface area contributed by atoms with Crippen LogP contribution in [0.25, 0.3) is 11.4 Å². The lowest BCUT2D eigenvalue weighted by molar-refractivity contribution is -0.136. The van der Waals surface area contributed by atoms with Gasteiger partial charge in [0.05, 0.1) is 0 Å². The molecular formula is C16H22Cl2N6O. The molecule has 7 nitrogen and oxygen atoms in total. The van der Waals surface area contributed by atoms with Gasteiger partial charge in [0.15, 0.2) is 0 Å². The lowest BCUT2D eigenvalue weighted by Crippen LogP contribution is -2.50. The van der Waals surface area contributed by atoms with Gasteiger partial charge < -0.3 is 10.6 Å². The van der Waals surface area contributed by atoms with E-state index in [9.17, 15) is 4.79 Å².